The molecular formula is C18H13F5N2O4. The van der Waals surface area contributed by atoms with Crippen molar-refractivity contribution in [3.63, 3.8) is 0 Å². The maximum absolute atomic E-state index is 13.2. The van der Waals surface area contributed by atoms with Crippen LogP contribution in [0.2, 0.25) is 0 Å². The summed E-state index contributed by atoms with van der Waals surface area (Å²) in [5, 5.41) is 9.73. The summed E-state index contributed by atoms with van der Waals surface area (Å²) in [5.74, 6) is -4.46. The van der Waals surface area contributed by atoms with E-state index in [4.69, 9.17) is 0 Å². The minimum absolute atomic E-state index is 0.0568. The number of ether oxygens (including phenoxy) is 1. The third-order valence-electron chi connectivity index (χ3n) is 4.36. The molecular weight excluding hydrogens is 403 g/mol. The van der Waals surface area contributed by atoms with Crippen LogP contribution in [0.1, 0.15) is 33.4 Å². The number of pyridine rings is 1. The first-order valence-electron chi connectivity index (χ1n) is 8.18. The average molecular weight is 416 g/mol. The Labute approximate surface area is 160 Å². The molecule has 0 saturated heterocycles. The second-order valence-electron chi connectivity index (χ2n) is 6.20. The van der Waals surface area contributed by atoms with Gasteiger partial charge in [-0.1, -0.05) is 24.3 Å². The number of amides is 1. The van der Waals surface area contributed by atoms with Gasteiger partial charge in [-0.2, -0.15) is 22.0 Å². The molecule has 0 saturated carbocycles. The number of nitrogens with zero attached hydrogens (tertiary/aromatic N) is 2. The Morgan fingerprint density at radius 3 is 2.45 bits per heavy atom. The first-order chi connectivity index (χ1) is 13.6. The largest absolute Gasteiger partial charge is 0.481 e. The number of aliphatic carboxylic acids is 1. The van der Waals surface area contributed by atoms with Crippen molar-refractivity contribution in [3.8, 4) is 5.88 Å². The molecule has 0 spiro atoms. The van der Waals surface area contributed by atoms with Gasteiger partial charge in [0, 0.05) is 17.8 Å². The van der Waals surface area contributed by atoms with E-state index in [1.165, 1.54) is 24.3 Å². The second kappa shape index (κ2) is 7.64. The van der Waals surface area contributed by atoms with E-state index in [-0.39, 0.29) is 16.7 Å². The quantitative estimate of drug-likeness (QED) is 0.754. The van der Waals surface area contributed by atoms with E-state index >= 15 is 0 Å². The normalized spacial score (nSPS) is 19.2. The Morgan fingerprint density at radius 2 is 1.90 bits per heavy atom. The van der Waals surface area contributed by atoms with Crippen LogP contribution in [0.3, 0.4) is 0 Å². The van der Waals surface area contributed by atoms with Crippen molar-refractivity contribution in [2.45, 2.75) is 24.7 Å². The zero-order valence-corrected chi connectivity index (χ0v) is 14.4. The van der Waals surface area contributed by atoms with Crippen molar-refractivity contribution >= 4 is 11.9 Å². The van der Waals surface area contributed by atoms with E-state index in [0.717, 1.165) is 18.3 Å². The van der Waals surface area contributed by atoms with Crippen LogP contribution in [0.15, 0.2) is 42.6 Å². The van der Waals surface area contributed by atoms with Crippen molar-refractivity contribution in [2.75, 3.05) is 6.54 Å². The number of carboxylic acids is 1. The Bertz CT molecular complexity index is 917. The molecule has 3 rings (SSSR count). The minimum atomic E-state index is -4.80. The van der Waals surface area contributed by atoms with Gasteiger partial charge in [0.25, 0.3) is 5.91 Å². The predicted molar refractivity (Wildman–Crippen MR) is 87.5 cm³/mol. The van der Waals surface area contributed by atoms with Crippen LogP contribution in [-0.2, 0) is 4.79 Å². The third-order valence-corrected chi connectivity index (χ3v) is 4.36. The number of hydrogen-bond donors (Lipinski definition) is 1. The van der Waals surface area contributed by atoms with Crippen LogP contribution in [0.5, 0.6) is 5.88 Å². The Morgan fingerprint density at radius 1 is 1.21 bits per heavy atom. The zero-order valence-electron chi connectivity index (χ0n) is 14.4. The van der Waals surface area contributed by atoms with Gasteiger partial charge in [0.1, 0.15) is 12.5 Å². The fourth-order valence-corrected chi connectivity index (χ4v) is 3.33. The molecule has 1 amide bonds. The molecule has 1 aromatic heterocycles. The van der Waals surface area contributed by atoms with Gasteiger partial charge in [-0.15, -0.1) is 0 Å². The van der Waals surface area contributed by atoms with E-state index in [9.17, 15) is 36.6 Å². The molecule has 2 aromatic rings. The SMILES string of the molecule is O=C(O)C1c2ccccc2C(=O)N(CC(F)(F)F)C1c1ccc(OC(F)F)nc1. The number of carboxylic acid groups (broad SMARTS) is 1. The Balaban J connectivity index is 2.13. The number of hydrogen-bond acceptors (Lipinski definition) is 4. The molecule has 2 atom stereocenters. The van der Waals surface area contributed by atoms with Gasteiger partial charge in [0.05, 0.1) is 6.04 Å². The lowest BCUT2D eigenvalue weighted by atomic mass is 9.80. The number of carbonyl (C=O) groups excluding carboxylic acids is 1. The highest BCUT2D eigenvalue weighted by atomic mass is 19.4. The molecule has 1 aliphatic heterocycles. The summed E-state index contributed by atoms with van der Waals surface area (Å²) >= 11 is 0. The molecule has 0 bridgehead atoms. The number of fused-ring (bicyclic) bond motifs is 1. The Hall–Kier alpha value is -3.24. The van der Waals surface area contributed by atoms with Gasteiger partial charge in [-0.25, -0.2) is 4.98 Å². The predicted octanol–water partition coefficient (Wildman–Crippen LogP) is 3.61. The van der Waals surface area contributed by atoms with Gasteiger partial charge in [-0.05, 0) is 17.2 Å². The summed E-state index contributed by atoms with van der Waals surface area (Å²) in [7, 11) is 0. The lowest BCUT2D eigenvalue weighted by Crippen LogP contribution is -2.48. The van der Waals surface area contributed by atoms with E-state index in [1.54, 1.807) is 0 Å². The van der Waals surface area contributed by atoms with Crippen molar-refractivity contribution in [1.82, 2.24) is 9.88 Å². The summed E-state index contributed by atoms with van der Waals surface area (Å²) in [4.78, 5) is 28.7. The average Bonchev–Trinajstić information content (AvgIpc) is 2.63. The number of alkyl halides is 5. The van der Waals surface area contributed by atoms with Gasteiger partial charge in [-0.3, -0.25) is 9.59 Å². The summed E-state index contributed by atoms with van der Waals surface area (Å²) in [6.45, 7) is -4.85. The molecule has 1 aliphatic rings. The van der Waals surface area contributed by atoms with Crippen LogP contribution in [0.25, 0.3) is 0 Å². The lowest BCUT2D eigenvalue weighted by molar-refractivity contribution is -0.153. The van der Waals surface area contributed by atoms with Crippen LogP contribution >= 0.6 is 0 Å². The molecule has 0 fully saturated rings. The molecule has 2 unspecified atom stereocenters. The summed E-state index contributed by atoms with van der Waals surface area (Å²) in [5.41, 5.74) is -0.154. The highest BCUT2D eigenvalue weighted by Crippen LogP contribution is 2.44. The van der Waals surface area contributed by atoms with E-state index in [1.807, 2.05) is 0 Å². The molecule has 6 nitrogen and oxygen atoms in total. The number of halogens is 5. The highest BCUT2D eigenvalue weighted by molar-refractivity contribution is 6.00. The molecule has 0 radical (unpaired) electrons. The van der Waals surface area contributed by atoms with Crippen molar-refractivity contribution in [3.05, 3.63) is 59.3 Å². The molecule has 1 N–H and O–H groups in total. The molecule has 11 heteroatoms. The fourth-order valence-electron chi connectivity index (χ4n) is 3.33. The van der Waals surface area contributed by atoms with Gasteiger partial charge in [0.15, 0.2) is 0 Å². The summed E-state index contributed by atoms with van der Waals surface area (Å²) in [6, 6.07) is 6.02. The van der Waals surface area contributed by atoms with Crippen molar-refractivity contribution in [1.29, 1.82) is 0 Å². The first-order valence-corrected chi connectivity index (χ1v) is 8.18. The lowest BCUT2D eigenvalue weighted by Gasteiger charge is -2.40. The van der Waals surface area contributed by atoms with Crippen molar-refractivity contribution in [2.24, 2.45) is 0 Å². The van der Waals surface area contributed by atoms with Gasteiger partial charge >= 0.3 is 18.8 Å². The fraction of sp³-hybridized carbons (Fsp3) is 0.278. The molecule has 2 heterocycles. The molecule has 0 aliphatic carbocycles. The highest BCUT2D eigenvalue weighted by Gasteiger charge is 2.47. The monoisotopic (exact) mass is 416 g/mol. The number of carbonyl (C=O) groups is 2. The second-order valence-corrected chi connectivity index (χ2v) is 6.20. The van der Waals surface area contributed by atoms with Gasteiger partial charge < -0.3 is 14.7 Å². The first kappa shape index (κ1) is 20.5. The zero-order chi connectivity index (χ0) is 21.3. The number of benzene rings is 1. The van der Waals surface area contributed by atoms with Crippen LogP contribution in [0.4, 0.5) is 22.0 Å². The maximum Gasteiger partial charge on any atom is 0.406 e. The van der Waals surface area contributed by atoms with Gasteiger partial charge in [0.2, 0.25) is 5.88 Å². The summed E-state index contributed by atoms with van der Waals surface area (Å²) in [6.07, 6.45) is -3.88. The molecule has 29 heavy (non-hydrogen) atoms. The third kappa shape index (κ3) is 4.28. The van der Waals surface area contributed by atoms with Crippen molar-refractivity contribution < 1.29 is 41.4 Å². The van der Waals surface area contributed by atoms with Crippen LogP contribution in [-0.4, -0.2) is 46.2 Å². The minimum Gasteiger partial charge on any atom is -0.481 e. The number of aromatic nitrogens is 1. The van der Waals surface area contributed by atoms with Crippen LogP contribution in [0, 0.1) is 0 Å². The Kier molecular flexibility index (Phi) is 5.40. The summed E-state index contributed by atoms with van der Waals surface area (Å²) < 4.78 is 68.1. The smallest absolute Gasteiger partial charge is 0.406 e. The molecule has 154 valence electrons. The van der Waals surface area contributed by atoms with Crippen LogP contribution < -0.4 is 4.74 Å². The number of rotatable bonds is 5. The molecule has 1 aromatic carbocycles. The van der Waals surface area contributed by atoms with E-state index in [0.29, 0.717) is 4.90 Å². The standard InChI is InChI=1S/C18H13F5N2O4/c19-17(20)29-12-6-5-9(7-24-12)14-13(16(27)28)10-3-1-2-4-11(10)15(26)25(14)8-18(21,22)23/h1-7,13-14,17H,8H2,(H,27,28). The maximum atomic E-state index is 13.2. The van der Waals surface area contributed by atoms with E-state index in [2.05, 4.69) is 9.72 Å². The van der Waals surface area contributed by atoms with E-state index < -0.39 is 49.0 Å². The topological polar surface area (TPSA) is 79.7 Å².